The van der Waals surface area contributed by atoms with Crippen molar-refractivity contribution in [3.63, 3.8) is 0 Å². The quantitative estimate of drug-likeness (QED) is 0.842. The third-order valence-electron chi connectivity index (χ3n) is 4.76. The van der Waals surface area contributed by atoms with E-state index in [1.807, 2.05) is 6.07 Å². The molecule has 3 rings (SSSR count). The van der Waals surface area contributed by atoms with Crippen LogP contribution in [0.15, 0.2) is 24.3 Å². The fourth-order valence-corrected chi connectivity index (χ4v) is 3.48. The second-order valence-electron chi connectivity index (χ2n) is 6.28. The molecule has 1 aliphatic heterocycles. The van der Waals surface area contributed by atoms with Crippen LogP contribution in [-0.2, 0) is 20.8 Å². The van der Waals surface area contributed by atoms with Crippen LogP contribution < -0.4 is 5.32 Å². The molecule has 0 bridgehead atoms. The minimum absolute atomic E-state index is 0.0967. The summed E-state index contributed by atoms with van der Waals surface area (Å²) in [4.78, 5) is 36.2. The molecule has 0 aromatic heterocycles. The van der Waals surface area contributed by atoms with Gasteiger partial charge in [-0.25, -0.2) is 0 Å². The summed E-state index contributed by atoms with van der Waals surface area (Å²) in [6.45, 7) is 0.822. The lowest BCUT2D eigenvalue weighted by Crippen LogP contribution is -2.35. The zero-order valence-electron chi connectivity index (χ0n) is 13.2. The van der Waals surface area contributed by atoms with Gasteiger partial charge in [-0.1, -0.05) is 24.3 Å². The van der Waals surface area contributed by atoms with E-state index < -0.39 is 0 Å². The highest BCUT2D eigenvalue weighted by molar-refractivity contribution is 6.02. The standard InChI is InChI=1S/C18H22N2O3/c21-16(10-11-20-17(22)8-9-18(20)23)19-12-14-6-3-5-13-4-1-2-7-15(13)14/h1-2,4,7,14H,3,5-6,8-12H2,(H,19,21). The fourth-order valence-electron chi connectivity index (χ4n) is 3.48. The van der Waals surface area contributed by atoms with E-state index in [-0.39, 0.29) is 43.5 Å². The zero-order chi connectivity index (χ0) is 16.2. The number of fused-ring (bicyclic) bond motifs is 1. The Morgan fingerprint density at radius 1 is 1.13 bits per heavy atom. The van der Waals surface area contributed by atoms with Crippen molar-refractivity contribution < 1.29 is 14.4 Å². The maximum absolute atomic E-state index is 12.0. The first-order valence-electron chi connectivity index (χ1n) is 8.33. The minimum atomic E-state index is -0.163. The van der Waals surface area contributed by atoms with Gasteiger partial charge in [0.25, 0.3) is 0 Å². The molecule has 5 nitrogen and oxygen atoms in total. The molecule has 0 saturated carbocycles. The van der Waals surface area contributed by atoms with Gasteiger partial charge in [0.1, 0.15) is 0 Å². The third-order valence-corrected chi connectivity index (χ3v) is 4.76. The molecular formula is C18H22N2O3. The van der Waals surface area contributed by atoms with Crippen molar-refractivity contribution in [2.75, 3.05) is 13.1 Å². The summed E-state index contributed by atoms with van der Waals surface area (Å²) in [5.74, 6) is -0.0625. The second-order valence-corrected chi connectivity index (χ2v) is 6.28. The number of likely N-dealkylation sites (tertiary alicyclic amines) is 1. The number of carbonyl (C=O) groups excluding carboxylic acids is 3. The molecule has 5 heteroatoms. The minimum Gasteiger partial charge on any atom is -0.355 e. The molecule has 0 radical (unpaired) electrons. The summed E-state index contributed by atoms with van der Waals surface area (Å²) in [6, 6.07) is 8.41. The number of aryl methyl sites for hydroxylation is 1. The second kappa shape index (κ2) is 6.94. The highest BCUT2D eigenvalue weighted by Crippen LogP contribution is 2.30. The Kier molecular flexibility index (Phi) is 4.74. The molecule has 122 valence electrons. The van der Waals surface area contributed by atoms with Crippen molar-refractivity contribution in [1.82, 2.24) is 10.2 Å². The van der Waals surface area contributed by atoms with E-state index in [2.05, 4.69) is 23.5 Å². The Morgan fingerprint density at radius 3 is 2.65 bits per heavy atom. The van der Waals surface area contributed by atoms with Gasteiger partial charge in [0.2, 0.25) is 17.7 Å². The average Bonchev–Trinajstić information content (AvgIpc) is 2.89. The Bertz CT molecular complexity index is 610. The first-order chi connectivity index (χ1) is 11.1. The van der Waals surface area contributed by atoms with Crippen LogP contribution >= 0.6 is 0 Å². The van der Waals surface area contributed by atoms with Crippen LogP contribution in [0.5, 0.6) is 0 Å². The van der Waals surface area contributed by atoms with Crippen LogP contribution in [0.2, 0.25) is 0 Å². The SMILES string of the molecule is O=C(CCN1C(=O)CCC1=O)NCC1CCCc2ccccc21. The molecule has 1 heterocycles. The maximum atomic E-state index is 12.0. The first kappa shape index (κ1) is 15.7. The van der Waals surface area contributed by atoms with E-state index in [1.165, 1.54) is 16.0 Å². The van der Waals surface area contributed by atoms with Crippen molar-refractivity contribution in [2.45, 2.75) is 44.4 Å². The Morgan fingerprint density at radius 2 is 1.87 bits per heavy atom. The molecule has 1 saturated heterocycles. The molecule has 1 N–H and O–H groups in total. The maximum Gasteiger partial charge on any atom is 0.229 e. The number of rotatable bonds is 5. The first-order valence-corrected chi connectivity index (χ1v) is 8.33. The van der Waals surface area contributed by atoms with Crippen LogP contribution in [-0.4, -0.2) is 35.7 Å². The number of amides is 3. The number of benzene rings is 1. The highest BCUT2D eigenvalue weighted by Gasteiger charge is 2.29. The Hall–Kier alpha value is -2.17. The number of hydrogen-bond acceptors (Lipinski definition) is 3. The fraction of sp³-hybridized carbons (Fsp3) is 0.500. The van der Waals surface area contributed by atoms with Gasteiger partial charge < -0.3 is 5.32 Å². The van der Waals surface area contributed by atoms with Crippen molar-refractivity contribution in [2.24, 2.45) is 0 Å². The molecule has 2 aliphatic rings. The largest absolute Gasteiger partial charge is 0.355 e. The van der Waals surface area contributed by atoms with Gasteiger partial charge in [0, 0.05) is 38.3 Å². The van der Waals surface area contributed by atoms with E-state index >= 15 is 0 Å². The number of imide groups is 1. The highest BCUT2D eigenvalue weighted by atomic mass is 16.2. The van der Waals surface area contributed by atoms with Crippen LogP contribution in [0.4, 0.5) is 0 Å². The lowest BCUT2D eigenvalue weighted by molar-refractivity contribution is -0.138. The van der Waals surface area contributed by atoms with E-state index in [0.29, 0.717) is 12.5 Å². The summed E-state index contributed by atoms with van der Waals surface area (Å²) < 4.78 is 0. The topological polar surface area (TPSA) is 66.5 Å². The molecule has 1 atom stereocenters. The number of nitrogens with zero attached hydrogens (tertiary/aromatic N) is 1. The monoisotopic (exact) mass is 314 g/mol. The smallest absolute Gasteiger partial charge is 0.229 e. The van der Waals surface area contributed by atoms with Gasteiger partial charge in [0.05, 0.1) is 0 Å². The Labute approximate surface area is 136 Å². The van der Waals surface area contributed by atoms with Gasteiger partial charge in [-0.3, -0.25) is 19.3 Å². The van der Waals surface area contributed by atoms with E-state index in [0.717, 1.165) is 19.3 Å². The molecule has 1 aliphatic carbocycles. The van der Waals surface area contributed by atoms with Crippen LogP contribution in [0, 0.1) is 0 Å². The van der Waals surface area contributed by atoms with Crippen molar-refractivity contribution in [3.8, 4) is 0 Å². The predicted molar refractivity (Wildman–Crippen MR) is 85.7 cm³/mol. The summed E-state index contributed by atoms with van der Waals surface area (Å²) in [6.07, 6.45) is 4.08. The summed E-state index contributed by atoms with van der Waals surface area (Å²) in [7, 11) is 0. The van der Waals surface area contributed by atoms with Gasteiger partial charge in [0.15, 0.2) is 0 Å². The summed E-state index contributed by atoms with van der Waals surface area (Å²) in [5.41, 5.74) is 2.72. The number of hydrogen-bond donors (Lipinski definition) is 1. The van der Waals surface area contributed by atoms with Gasteiger partial charge in [-0.05, 0) is 30.4 Å². The summed E-state index contributed by atoms with van der Waals surface area (Å²) in [5, 5.41) is 2.96. The molecule has 23 heavy (non-hydrogen) atoms. The van der Waals surface area contributed by atoms with E-state index in [1.54, 1.807) is 0 Å². The molecule has 1 aromatic rings. The van der Waals surface area contributed by atoms with Gasteiger partial charge >= 0.3 is 0 Å². The van der Waals surface area contributed by atoms with Crippen LogP contribution in [0.25, 0.3) is 0 Å². The molecule has 1 aromatic carbocycles. The molecule has 0 spiro atoms. The van der Waals surface area contributed by atoms with Crippen LogP contribution in [0.3, 0.4) is 0 Å². The number of carbonyl (C=O) groups is 3. The van der Waals surface area contributed by atoms with E-state index in [9.17, 15) is 14.4 Å². The molecule has 3 amide bonds. The molecular weight excluding hydrogens is 292 g/mol. The molecule has 1 unspecified atom stereocenters. The third kappa shape index (κ3) is 3.60. The van der Waals surface area contributed by atoms with E-state index in [4.69, 9.17) is 0 Å². The van der Waals surface area contributed by atoms with Gasteiger partial charge in [-0.2, -0.15) is 0 Å². The normalized spacial score (nSPS) is 20.5. The average molecular weight is 314 g/mol. The lowest BCUT2D eigenvalue weighted by atomic mass is 9.83. The van der Waals surface area contributed by atoms with Crippen molar-refractivity contribution in [1.29, 1.82) is 0 Å². The van der Waals surface area contributed by atoms with Crippen molar-refractivity contribution in [3.05, 3.63) is 35.4 Å². The Balaban J connectivity index is 1.48. The lowest BCUT2D eigenvalue weighted by Gasteiger charge is -2.25. The van der Waals surface area contributed by atoms with Crippen molar-refractivity contribution >= 4 is 17.7 Å². The zero-order valence-corrected chi connectivity index (χ0v) is 13.2. The molecule has 1 fully saturated rings. The van der Waals surface area contributed by atoms with Crippen LogP contribution in [0.1, 0.15) is 49.1 Å². The predicted octanol–water partition coefficient (Wildman–Crippen LogP) is 1.76. The number of nitrogens with one attached hydrogen (secondary N) is 1. The summed E-state index contributed by atoms with van der Waals surface area (Å²) >= 11 is 0. The van der Waals surface area contributed by atoms with Gasteiger partial charge in [-0.15, -0.1) is 0 Å².